The van der Waals surface area contributed by atoms with Crippen molar-refractivity contribution in [2.75, 3.05) is 6.54 Å². The lowest BCUT2D eigenvalue weighted by atomic mass is 10.1. The Morgan fingerprint density at radius 1 is 1.27 bits per heavy atom. The number of fused-ring (bicyclic) bond motifs is 1. The number of hydrogen-bond acceptors (Lipinski definition) is 5. The molecule has 26 heavy (non-hydrogen) atoms. The van der Waals surface area contributed by atoms with Crippen LogP contribution in [0.4, 0.5) is 0 Å². The Morgan fingerprint density at radius 2 is 2.12 bits per heavy atom. The standard InChI is InChI=1S/C17H22N6O.2ClH/c1-12-15(13(2)24-21-12)4-3-7-22-8-6-19-17(22)16-10-14-11-18-5-9-23(14)20-16;;/h6,8,10,18H,3-5,7,9,11H2,1-2H3;2*1H. The molecule has 0 saturated heterocycles. The quantitative estimate of drug-likeness (QED) is 0.714. The maximum absolute atomic E-state index is 5.23. The lowest BCUT2D eigenvalue weighted by Crippen LogP contribution is -2.28. The molecule has 0 amide bonds. The number of rotatable bonds is 5. The largest absolute Gasteiger partial charge is 0.361 e. The highest BCUT2D eigenvalue weighted by Gasteiger charge is 2.16. The van der Waals surface area contributed by atoms with Crippen LogP contribution in [0.2, 0.25) is 0 Å². The molecule has 3 aromatic heterocycles. The van der Waals surface area contributed by atoms with E-state index in [1.54, 1.807) is 0 Å². The van der Waals surface area contributed by atoms with Gasteiger partial charge in [-0.3, -0.25) is 4.68 Å². The van der Waals surface area contributed by atoms with E-state index in [1.165, 1.54) is 11.3 Å². The molecule has 0 bridgehead atoms. The number of hydrogen-bond donors (Lipinski definition) is 1. The predicted octanol–water partition coefficient (Wildman–Crippen LogP) is 2.93. The van der Waals surface area contributed by atoms with Crippen molar-refractivity contribution in [3.8, 4) is 11.5 Å². The summed E-state index contributed by atoms with van der Waals surface area (Å²) in [5, 5.41) is 12.1. The molecular formula is C17H24Cl2N6O. The molecule has 0 unspecified atom stereocenters. The van der Waals surface area contributed by atoms with Crippen molar-refractivity contribution in [2.24, 2.45) is 0 Å². The fraction of sp³-hybridized carbons (Fsp3) is 0.471. The Morgan fingerprint density at radius 3 is 2.85 bits per heavy atom. The Kier molecular flexibility index (Phi) is 6.86. The highest BCUT2D eigenvalue weighted by atomic mass is 35.5. The van der Waals surface area contributed by atoms with Gasteiger partial charge in [0.25, 0.3) is 0 Å². The van der Waals surface area contributed by atoms with E-state index in [4.69, 9.17) is 9.62 Å². The number of nitrogens with one attached hydrogen (secondary N) is 1. The van der Waals surface area contributed by atoms with Crippen molar-refractivity contribution < 1.29 is 4.52 Å². The van der Waals surface area contributed by atoms with E-state index in [1.807, 2.05) is 26.2 Å². The van der Waals surface area contributed by atoms with Crippen LogP contribution in [-0.4, -0.2) is 31.0 Å². The molecule has 4 rings (SSSR count). The lowest BCUT2D eigenvalue weighted by Gasteiger charge is -2.13. The van der Waals surface area contributed by atoms with Gasteiger partial charge >= 0.3 is 0 Å². The van der Waals surface area contributed by atoms with Crippen molar-refractivity contribution in [3.05, 3.63) is 41.2 Å². The van der Waals surface area contributed by atoms with Crippen LogP contribution in [0.1, 0.15) is 29.1 Å². The lowest BCUT2D eigenvalue weighted by molar-refractivity contribution is 0.392. The zero-order valence-corrected chi connectivity index (χ0v) is 16.6. The van der Waals surface area contributed by atoms with E-state index in [2.05, 4.69) is 30.8 Å². The Labute approximate surface area is 165 Å². The van der Waals surface area contributed by atoms with Gasteiger partial charge in [0.05, 0.1) is 17.9 Å². The summed E-state index contributed by atoms with van der Waals surface area (Å²) < 4.78 is 9.49. The minimum atomic E-state index is 0. The van der Waals surface area contributed by atoms with Crippen molar-refractivity contribution in [2.45, 2.75) is 46.3 Å². The first-order valence-corrected chi connectivity index (χ1v) is 8.43. The van der Waals surface area contributed by atoms with Gasteiger partial charge in [0.1, 0.15) is 11.5 Å². The maximum Gasteiger partial charge on any atom is 0.160 e. The second-order valence-corrected chi connectivity index (χ2v) is 6.27. The molecular weight excluding hydrogens is 375 g/mol. The third kappa shape index (κ3) is 3.95. The summed E-state index contributed by atoms with van der Waals surface area (Å²) in [7, 11) is 0. The van der Waals surface area contributed by atoms with Crippen molar-refractivity contribution in [1.29, 1.82) is 0 Å². The number of halogens is 2. The topological polar surface area (TPSA) is 73.7 Å². The van der Waals surface area contributed by atoms with Gasteiger partial charge in [0, 0.05) is 37.6 Å². The van der Waals surface area contributed by atoms with Crippen LogP contribution in [0.5, 0.6) is 0 Å². The third-order valence-corrected chi connectivity index (χ3v) is 4.62. The average Bonchev–Trinajstić information content (AvgIpc) is 3.28. The summed E-state index contributed by atoms with van der Waals surface area (Å²) in [5.74, 6) is 1.86. The number of aromatic nitrogens is 5. The van der Waals surface area contributed by atoms with Gasteiger partial charge in [-0.1, -0.05) is 5.16 Å². The van der Waals surface area contributed by atoms with E-state index in [0.29, 0.717) is 0 Å². The zero-order valence-electron chi connectivity index (χ0n) is 14.9. The maximum atomic E-state index is 5.23. The summed E-state index contributed by atoms with van der Waals surface area (Å²) >= 11 is 0. The van der Waals surface area contributed by atoms with Crippen LogP contribution >= 0.6 is 24.8 Å². The number of aryl methyl sites for hydroxylation is 3. The SMILES string of the molecule is Cc1noc(C)c1CCCn1ccnc1-c1cc2n(n1)CCNC2.Cl.Cl. The van der Waals surface area contributed by atoms with Crippen molar-refractivity contribution in [3.63, 3.8) is 0 Å². The molecule has 0 spiro atoms. The van der Waals surface area contributed by atoms with E-state index in [-0.39, 0.29) is 24.8 Å². The molecule has 4 heterocycles. The van der Waals surface area contributed by atoms with Gasteiger partial charge in [0.15, 0.2) is 5.82 Å². The van der Waals surface area contributed by atoms with Gasteiger partial charge in [0.2, 0.25) is 0 Å². The second kappa shape index (κ2) is 8.70. The molecule has 0 aliphatic carbocycles. The Hall–Kier alpha value is -1.83. The fourth-order valence-corrected chi connectivity index (χ4v) is 3.31. The summed E-state index contributed by atoms with van der Waals surface area (Å²) in [6.45, 7) is 7.64. The van der Waals surface area contributed by atoms with E-state index in [9.17, 15) is 0 Å². The van der Waals surface area contributed by atoms with Gasteiger partial charge < -0.3 is 14.4 Å². The molecule has 0 saturated carbocycles. The number of imidazole rings is 1. The monoisotopic (exact) mass is 398 g/mol. The Bertz CT molecular complexity index is 810. The summed E-state index contributed by atoms with van der Waals surface area (Å²) in [6, 6.07) is 2.14. The summed E-state index contributed by atoms with van der Waals surface area (Å²) in [6.07, 6.45) is 5.85. The van der Waals surface area contributed by atoms with Crippen LogP contribution in [0.15, 0.2) is 23.0 Å². The highest BCUT2D eigenvalue weighted by Crippen LogP contribution is 2.20. The van der Waals surface area contributed by atoms with Gasteiger partial charge in [-0.2, -0.15) is 5.10 Å². The molecule has 9 heteroatoms. The van der Waals surface area contributed by atoms with E-state index >= 15 is 0 Å². The zero-order chi connectivity index (χ0) is 16.5. The smallest absolute Gasteiger partial charge is 0.160 e. The van der Waals surface area contributed by atoms with Gasteiger partial charge in [-0.25, -0.2) is 4.98 Å². The molecule has 7 nitrogen and oxygen atoms in total. The summed E-state index contributed by atoms with van der Waals surface area (Å²) in [5.41, 5.74) is 4.39. The average molecular weight is 399 g/mol. The first-order chi connectivity index (χ1) is 11.7. The normalized spacial score (nSPS) is 13.0. The minimum absolute atomic E-state index is 0. The highest BCUT2D eigenvalue weighted by molar-refractivity contribution is 5.85. The third-order valence-electron chi connectivity index (χ3n) is 4.62. The predicted molar refractivity (Wildman–Crippen MR) is 104 cm³/mol. The molecule has 1 N–H and O–H groups in total. The van der Waals surface area contributed by atoms with Crippen molar-refractivity contribution >= 4 is 24.8 Å². The van der Waals surface area contributed by atoms with Gasteiger partial charge in [-0.05, 0) is 32.8 Å². The molecule has 0 aromatic carbocycles. The molecule has 0 radical (unpaired) electrons. The summed E-state index contributed by atoms with van der Waals surface area (Å²) in [4.78, 5) is 4.52. The van der Waals surface area contributed by atoms with Gasteiger partial charge in [-0.15, -0.1) is 24.8 Å². The molecule has 0 fully saturated rings. The molecule has 3 aromatic rings. The first kappa shape index (κ1) is 20.5. The second-order valence-electron chi connectivity index (χ2n) is 6.27. The first-order valence-electron chi connectivity index (χ1n) is 8.43. The van der Waals surface area contributed by atoms with Crippen LogP contribution in [0.25, 0.3) is 11.5 Å². The van der Waals surface area contributed by atoms with Crippen LogP contribution in [0, 0.1) is 13.8 Å². The van der Waals surface area contributed by atoms with E-state index < -0.39 is 0 Å². The molecule has 0 atom stereocenters. The molecule has 1 aliphatic rings. The van der Waals surface area contributed by atoms with Crippen molar-refractivity contribution in [1.82, 2.24) is 29.8 Å². The van der Waals surface area contributed by atoms with Crippen LogP contribution in [0.3, 0.4) is 0 Å². The van der Waals surface area contributed by atoms with Crippen LogP contribution < -0.4 is 5.32 Å². The fourth-order valence-electron chi connectivity index (χ4n) is 3.31. The van der Waals surface area contributed by atoms with Crippen LogP contribution in [-0.2, 0) is 26.1 Å². The Balaban J connectivity index is 0.00000121. The minimum Gasteiger partial charge on any atom is -0.361 e. The molecule has 1 aliphatic heterocycles. The number of nitrogens with zero attached hydrogens (tertiary/aromatic N) is 5. The van der Waals surface area contributed by atoms with E-state index in [0.717, 1.165) is 62.0 Å². The molecule has 142 valence electrons.